The number of nitrogens with zero attached hydrogens (tertiary/aromatic N) is 3. The highest BCUT2D eigenvalue weighted by Gasteiger charge is 2.34. The minimum absolute atomic E-state index is 0.229. The molecule has 2 aromatic rings. The van der Waals surface area contributed by atoms with E-state index in [2.05, 4.69) is 4.90 Å². The molecule has 11 heteroatoms. The zero-order chi connectivity index (χ0) is 24.6. The monoisotopic (exact) mass is 503 g/mol. The van der Waals surface area contributed by atoms with Crippen molar-refractivity contribution in [2.24, 2.45) is 0 Å². The highest BCUT2D eigenvalue weighted by molar-refractivity contribution is 7.92. The maximum Gasteiger partial charge on any atom is 0.246 e. The van der Waals surface area contributed by atoms with E-state index in [9.17, 15) is 13.2 Å². The summed E-state index contributed by atoms with van der Waals surface area (Å²) in [6.07, 6.45) is 1.11. The summed E-state index contributed by atoms with van der Waals surface area (Å²) in [5.74, 6) is 2.31. The van der Waals surface area contributed by atoms with Crippen molar-refractivity contribution in [1.82, 2.24) is 9.80 Å². The molecular weight excluding hydrogens is 474 g/mol. The predicted octanol–water partition coefficient (Wildman–Crippen LogP) is 1.69. The molecule has 0 spiro atoms. The number of amides is 1. The Labute approximate surface area is 205 Å². The summed E-state index contributed by atoms with van der Waals surface area (Å²) in [4.78, 5) is 17.4. The van der Waals surface area contributed by atoms with E-state index in [0.29, 0.717) is 56.6 Å². The van der Waals surface area contributed by atoms with Gasteiger partial charge in [0, 0.05) is 38.8 Å². The standard InChI is InChI=1S/C24H29N3O7S/c1-17(27(35(2,29)30)19-4-6-20-23(14-19)32-12-11-31-20)24(28)26-9-7-25(8-10-26)15-18-3-5-21-22(13-18)34-16-33-21/h3-6,13-14,17H,7-12,15-16H2,1-2H3/t17-/m1/s1. The van der Waals surface area contributed by atoms with Crippen molar-refractivity contribution < 1.29 is 32.2 Å². The molecule has 35 heavy (non-hydrogen) atoms. The molecule has 1 fully saturated rings. The third-order valence-corrected chi connectivity index (χ3v) is 7.62. The number of hydrogen-bond donors (Lipinski definition) is 0. The molecule has 3 heterocycles. The molecule has 1 saturated heterocycles. The van der Waals surface area contributed by atoms with E-state index in [0.717, 1.165) is 34.2 Å². The number of fused-ring (bicyclic) bond motifs is 2. The smallest absolute Gasteiger partial charge is 0.246 e. The molecule has 3 aliphatic rings. The normalized spacial score (nSPS) is 18.3. The van der Waals surface area contributed by atoms with Crippen molar-refractivity contribution in [3.8, 4) is 23.0 Å². The Hall–Kier alpha value is -3.18. The zero-order valence-electron chi connectivity index (χ0n) is 19.8. The quantitative estimate of drug-likeness (QED) is 0.588. The Morgan fingerprint density at radius 1 is 0.914 bits per heavy atom. The average molecular weight is 504 g/mol. The number of carbonyl (C=O) groups is 1. The molecule has 10 nitrogen and oxygen atoms in total. The number of piperazine rings is 1. The molecule has 0 bridgehead atoms. The maximum absolute atomic E-state index is 13.4. The molecule has 3 aliphatic heterocycles. The van der Waals surface area contributed by atoms with E-state index in [1.165, 1.54) is 0 Å². The number of benzene rings is 2. The summed E-state index contributed by atoms with van der Waals surface area (Å²) in [5, 5.41) is 0. The van der Waals surface area contributed by atoms with Crippen LogP contribution in [0, 0.1) is 0 Å². The van der Waals surface area contributed by atoms with Crippen LogP contribution in [-0.4, -0.2) is 82.6 Å². The molecule has 1 amide bonds. The van der Waals surface area contributed by atoms with E-state index in [4.69, 9.17) is 18.9 Å². The van der Waals surface area contributed by atoms with Crippen LogP contribution >= 0.6 is 0 Å². The first kappa shape index (κ1) is 23.6. The Bertz CT molecular complexity index is 1210. The summed E-state index contributed by atoms with van der Waals surface area (Å²) in [6, 6.07) is 9.95. The third kappa shape index (κ3) is 4.96. The topological polar surface area (TPSA) is 97.8 Å². The summed E-state index contributed by atoms with van der Waals surface area (Å²) in [7, 11) is -3.73. The minimum Gasteiger partial charge on any atom is -0.486 e. The molecule has 0 N–H and O–H groups in total. The number of rotatable bonds is 6. The van der Waals surface area contributed by atoms with E-state index in [-0.39, 0.29) is 12.7 Å². The molecule has 0 radical (unpaired) electrons. The van der Waals surface area contributed by atoms with Gasteiger partial charge in [0.05, 0.1) is 11.9 Å². The highest BCUT2D eigenvalue weighted by Crippen LogP contribution is 2.36. The molecule has 1 atom stereocenters. The van der Waals surface area contributed by atoms with Gasteiger partial charge in [-0.15, -0.1) is 0 Å². The van der Waals surface area contributed by atoms with E-state index >= 15 is 0 Å². The van der Waals surface area contributed by atoms with Crippen molar-refractivity contribution >= 4 is 21.6 Å². The summed E-state index contributed by atoms with van der Waals surface area (Å²) < 4.78 is 48.6. The Balaban J connectivity index is 1.24. The second kappa shape index (κ2) is 9.46. The maximum atomic E-state index is 13.4. The first-order chi connectivity index (χ1) is 16.8. The molecule has 0 aliphatic carbocycles. The van der Waals surface area contributed by atoms with Gasteiger partial charge in [-0.1, -0.05) is 6.07 Å². The third-order valence-electron chi connectivity index (χ3n) is 6.37. The van der Waals surface area contributed by atoms with Gasteiger partial charge in [0.1, 0.15) is 19.3 Å². The van der Waals surface area contributed by atoms with Crippen LogP contribution in [-0.2, 0) is 21.4 Å². The fourth-order valence-corrected chi connectivity index (χ4v) is 5.82. The number of hydrogen-bond acceptors (Lipinski definition) is 8. The number of anilines is 1. The zero-order valence-corrected chi connectivity index (χ0v) is 20.6. The van der Waals surface area contributed by atoms with Crippen LogP contribution in [0.3, 0.4) is 0 Å². The van der Waals surface area contributed by atoms with Crippen molar-refractivity contribution in [2.45, 2.75) is 19.5 Å². The van der Waals surface area contributed by atoms with E-state index in [1.54, 1.807) is 30.0 Å². The van der Waals surface area contributed by atoms with Gasteiger partial charge >= 0.3 is 0 Å². The van der Waals surface area contributed by atoms with Gasteiger partial charge in [0.15, 0.2) is 23.0 Å². The molecule has 0 saturated carbocycles. The van der Waals surface area contributed by atoms with Crippen LogP contribution in [0.25, 0.3) is 0 Å². The van der Waals surface area contributed by atoms with Gasteiger partial charge in [0.2, 0.25) is 22.7 Å². The van der Waals surface area contributed by atoms with Gasteiger partial charge in [-0.05, 0) is 36.8 Å². The molecule has 2 aromatic carbocycles. The van der Waals surface area contributed by atoms with E-state index < -0.39 is 16.1 Å². The van der Waals surface area contributed by atoms with E-state index in [1.807, 2.05) is 18.2 Å². The van der Waals surface area contributed by atoms with Crippen molar-refractivity contribution in [2.75, 3.05) is 56.7 Å². The van der Waals surface area contributed by atoms with Crippen molar-refractivity contribution in [1.29, 1.82) is 0 Å². The van der Waals surface area contributed by atoms with Crippen molar-refractivity contribution in [3.05, 3.63) is 42.0 Å². The first-order valence-electron chi connectivity index (χ1n) is 11.6. The van der Waals surface area contributed by atoms with Gasteiger partial charge < -0.3 is 23.8 Å². The number of ether oxygens (including phenoxy) is 4. The van der Waals surface area contributed by atoms with Crippen LogP contribution in [0.15, 0.2) is 36.4 Å². The first-order valence-corrected chi connectivity index (χ1v) is 13.4. The lowest BCUT2D eigenvalue weighted by Crippen LogP contribution is -2.55. The van der Waals surface area contributed by atoms with Crippen LogP contribution in [0.5, 0.6) is 23.0 Å². The van der Waals surface area contributed by atoms with Crippen LogP contribution in [0.2, 0.25) is 0 Å². The fraction of sp³-hybridized carbons (Fsp3) is 0.458. The molecule has 0 unspecified atom stereocenters. The molecular formula is C24H29N3O7S. The van der Waals surface area contributed by atoms with Gasteiger partial charge in [0.25, 0.3) is 0 Å². The SMILES string of the molecule is C[C@H](C(=O)N1CCN(Cc2ccc3c(c2)OCO3)CC1)N(c1ccc2c(c1)OCCO2)S(C)(=O)=O. The van der Waals surface area contributed by atoms with Gasteiger partial charge in [-0.3, -0.25) is 14.0 Å². The Morgan fingerprint density at radius 3 is 2.29 bits per heavy atom. The second-order valence-electron chi connectivity index (χ2n) is 8.85. The fourth-order valence-electron chi connectivity index (χ4n) is 4.66. The predicted molar refractivity (Wildman–Crippen MR) is 129 cm³/mol. The lowest BCUT2D eigenvalue weighted by atomic mass is 10.1. The Kier molecular flexibility index (Phi) is 6.37. The van der Waals surface area contributed by atoms with Crippen LogP contribution < -0.4 is 23.3 Å². The Morgan fingerprint density at radius 2 is 1.54 bits per heavy atom. The number of carbonyl (C=O) groups excluding carboxylic acids is 1. The van der Waals surface area contributed by atoms with Crippen LogP contribution in [0.4, 0.5) is 5.69 Å². The largest absolute Gasteiger partial charge is 0.486 e. The van der Waals surface area contributed by atoms with Gasteiger partial charge in [-0.2, -0.15) is 0 Å². The summed E-state index contributed by atoms with van der Waals surface area (Å²) in [5.41, 5.74) is 1.49. The summed E-state index contributed by atoms with van der Waals surface area (Å²) in [6.45, 7) is 5.86. The lowest BCUT2D eigenvalue weighted by Gasteiger charge is -2.38. The molecule has 188 valence electrons. The summed E-state index contributed by atoms with van der Waals surface area (Å²) >= 11 is 0. The average Bonchev–Trinajstić information content (AvgIpc) is 3.31. The lowest BCUT2D eigenvalue weighted by molar-refractivity contribution is -0.133. The van der Waals surface area contributed by atoms with Crippen LogP contribution in [0.1, 0.15) is 12.5 Å². The molecule has 0 aromatic heterocycles. The van der Waals surface area contributed by atoms with Crippen molar-refractivity contribution in [3.63, 3.8) is 0 Å². The number of sulfonamides is 1. The van der Waals surface area contributed by atoms with Gasteiger partial charge in [-0.25, -0.2) is 8.42 Å². The second-order valence-corrected chi connectivity index (χ2v) is 10.7. The molecule has 5 rings (SSSR count). The minimum atomic E-state index is -3.73. The highest BCUT2D eigenvalue weighted by atomic mass is 32.2.